The summed E-state index contributed by atoms with van der Waals surface area (Å²) in [6, 6.07) is 15.3. The molecule has 2 aromatic heterocycles. The summed E-state index contributed by atoms with van der Waals surface area (Å²) in [6.45, 7) is 0. The van der Waals surface area contributed by atoms with E-state index in [0.717, 1.165) is 28.3 Å². The standard InChI is InChI=1S/C17H16N4O/c1-22-17-8-6-15(11-20-17)21-16-7-5-13(10-19-16)12-3-2-4-14(18)9-12/h2-11H,18H2,1H3,(H,19,21). The van der Waals surface area contributed by atoms with Gasteiger partial charge in [0, 0.05) is 23.5 Å². The highest BCUT2D eigenvalue weighted by Crippen LogP contribution is 2.23. The third kappa shape index (κ3) is 3.15. The summed E-state index contributed by atoms with van der Waals surface area (Å²) < 4.78 is 5.03. The predicted octanol–water partition coefficient (Wildman–Crippen LogP) is 3.48. The van der Waals surface area contributed by atoms with Crippen LogP contribution in [0.2, 0.25) is 0 Å². The Balaban J connectivity index is 1.76. The number of hydrogen-bond donors (Lipinski definition) is 2. The molecule has 3 aromatic rings. The Bertz CT molecular complexity index is 754. The van der Waals surface area contributed by atoms with Gasteiger partial charge in [-0.2, -0.15) is 0 Å². The molecule has 5 heteroatoms. The summed E-state index contributed by atoms with van der Waals surface area (Å²) in [5, 5.41) is 3.19. The normalized spacial score (nSPS) is 10.2. The number of ether oxygens (including phenoxy) is 1. The maximum absolute atomic E-state index is 5.80. The molecular weight excluding hydrogens is 276 g/mol. The van der Waals surface area contributed by atoms with Crippen LogP contribution in [0.3, 0.4) is 0 Å². The highest BCUT2D eigenvalue weighted by atomic mass is 16.5. The van der Waals surface area contributed by atoms with Crippen LogP contribution in [0.5, 0.6) is 5.88 Å². The van der Waals surface area contributed by atoms with E-state index in [1.54, 1.807) is 19.4 Å². The summed E-state index contributed by atoms with van der Waals surface area (Å²) in [5.41, 5.74) is 9.46. The molecule has 3 rings (SSSR count). The van der Waals surface area contributed by atoms with Crippen molar-refractivity contribution in [3.63, 3.8) is 0 Å². The first kappa shape index (κ1) is 13.9. The average Bonchev–Trinajstić information content (AvgIpc) is 2.56. The van der Waals surface area contributed by atoms with Gasteiger partial charge < -0.3 is 15.8 Å². The molecule has 0 atom stereocenters. The smallest absolute Gasteiger partial charge is 0.213 e. The first-order valence-corrected chi connectivity index (χ1v) is 6.83. The van der Waals surface area contributed by atoms with Gasteiger partial charge in [-0.15, -0.1) is 0 Å². The summed E-state index contributed by atoms with van der Waals surface area (Å²) in [5.74, 6) is 1.33. The highest BCUT2D eigenvalue weighted by Gasteiger charge is 2.01. The van der Waals surface area contributed by atoms with E-state index < -0.39 is 0 Å². The van der Waals surface area contributed by atoms with Crippen LogP contribution in [0.25, 0.3) is 11.1 Å². The fourth-order valence-corrected chi connectivity index (χ4v) is 2.08. The van der Waals surface area contributed by atoms with Gasteiger partial charge in [-0.05, 0) is 35.9 Å². The molecule has 110 valence electrons. The van der Waals surface area contributed by atoms with Crippen LogP contribution in [0, 0.1) is 0 Å². The van der Waals surface area contributed by atoms with Crippen molar-refractivity contribution in [3.05, 3.63) is 60.9 Å². The summed E-state index contributed by atoms with van der Waals surface area (Å²) in [7, 11) is 1.59. The largest absolute Gasteiger partial charge is 0.481 e. The predicted molar refractivity (Wildman–Crippen MR) is 88.2 cm³/mol. The molecule has 0 unspecified atom stereocenters. The summed E-state index contributed by atoms with van der Waals surface area (Å²) >= 11 is 0. The molecule has 0 aliphatic heterocycles. The van der Waals surface area contributed by atoms with E-state index in [4.69, 9.17) is 10.5 Å². The van der Waals surface area contributed by atoms with E-state index in [-0.39, 0.29) is 0 Å². The van der Waals surface area contributed by atoms with E-state index in [9.17, 15) is 0 Å². The topological polar surface area (TPSA) is 73.1 Å². The number of nitrogens with zero attached hydrogens (tertiary/aromatic N) is 2. The van der Waals surface area contributed by atoms with Crippen molar-refractivity contribution in [2.24, 2.45) is 0 Å². The van der Waals surface area contributed by atoms with Crippen LogP contribution in [0.1, 0.15) is 0 Å². The number of rotatable bonds is 4. The molecule has 2 heterocycles. The minimum absolute atomic E-state index is 0.579. The number of aromatic nitrogens is 2. The molecule has 3 N–H and O–H groups in total. The lowest BCUT2D eigenvalue weighted by Gasteiger charge is -2.07. The number of hydrogen-bond acceptors (Lipinski definition) is 5. The summed E-state index contributed by atoms with van der Waals surface area (Å²) in [4.78, 5) is 8.55. The quantitative estimate of drug-likeness (QED) is 0.720. The zero-order chi connectivity index (χ0) is 15.4. The Morgan fingerprint density at radius 2 is 1.86 bits per heavy atom. The number of nitrogens with one attached hydrogen (secondary N) is 1. The Morgan fingerprint density at radius 1 is 0.955 bits per heavy atom. The Kier molecular flexibility index (Phi) is 3.87. The number of anilines is 3. The number of methoxy groups -OCH3 is 1. The van der Waals surface area contributed by atoms with Crippen molar-refractivity contribution < 1.29 is 4.74 Å². The first-order valence-electron chi connectivity index (χ1n) is 6.83. The molecule has 0 saturated heterocycles. The van der Waals surface area contributed by atoms with Gasteiger partial charge in [0.1, 0.15) is 5.82 Å². The Morgan fingerprint density at radius 3 is 2.50 bits per heavy atom. The number of benzene rings is 1. The molecule has 5 nitrogen and oxygen atoms in total. The van der Waals surface area contributed by atoms with E-state index in [1.807, 2.05) is 48.7 Å². The fraction of sp³-hybridized carbons (Fsp3) is 0.0588. The molecule has 0 saturated carbocycles. The molecule has 0 bridgehead atoms. The lowest BCUT2D eigenvalue weighted by atomic mass is 10.1. The van der Waals surface area contributed by atoms with Crippen LogP contribution < -0.4 is 15.8 Å². The fourth-order valence-electron chi connectivity index (χ4n) is 2.08. The van der Waals surface area contributed by atoms with Crippen molar-refractivity contribution in [2.45, 2.75) is 0 Å². The van der Waals surface area contributed by atoms with Crippen LogP contribution in [0.15, 0.2) is 60.9 Å². The van der Waals surface area contributed by atoms with Gasteiger partial charge >= 0.3 is 0 Å². The van der Waals surface area contributed by atoms with E-state index in [2.05, 4.69) is 15.3 Å². The monoisotopic (exact) mass is 292 g/mol. The second-order valence-electron chi connectivity index (χ2n) is 4.77. The molecule has 22 heavy (non-hydrogen) atoms. The maximum Gasteiger partial charge on any atom is 0.213 e. The zero-order valence-corrected chi connectivity index (χ0v) is 12.2. The molecule has 0 spiro atoms. The van der Waals surface area contributed by atoms with E-state index in [1.165, 1.54) is 0 Å². The van der Waals surface area contributed by atoms with Crippen molar-refractivity contribution in [3.8, 4) is 17.0 Å². The van der Waals surface area contributed by atoms with Gasteiger partial charge in [0.15, 0.2) is 0 Å². The second-order valence-corrected chi connectivity index (χ2v) is 4.77. The molecule has 0 aliphatic carbocycles. The van der Waals surface area contributed by atoms with Gasteiger partial charge in [0.25, 0.3) is 0 Å². The third-order valence-corrected chi connectivity index (χ3v) is 3.20. The lowest BCUT2D eigenvalue weighted by Crippen LogP contribution is -1.95. The van der Waals surface area contributed by atoms with Gasteiger partial charge in [-0.1, -0.05) is 12.1 Å². The highest BCUT2D eigenvalue weighted by molar-refractivity contribution is 5.68. The molecule has 1 aromatic carbocycles. The second kappa shape index (κ2) is 6.13. The van der Waals surface area contributed by atoms with Crippen molar-refractivity contribution in [1.82, 2.24) is 9.97 Å². The zero-order valence-electron chi connectivity index (χ0n) is 12.2. The van der Waals surface area contributed by atoms with Crippen molar-refractivity contribution in [2.75, 3.05) is 18.2 Å². The molecule has 0 amide bonds. The van der Waals surface area contributed by atoms with Gasteiger partial charge in [-0.25, -0.2) is 9.97 Å². The Hall–Kier alpha value is -3.08. The lowest BCUT2D eigenvalue weighted by molar-refractivity contribution is 0.398. The Labute approximate surface area is 128 Å². The average molecular weight is 292 g/mol. The van der Waals surface area contributed by atoms with Crippen LogP contribution in [0.4, 0.5) is 17.2 Å². The van der Waals surface area contributed by atoms with Gasteiger partial charge in [0.05, 0.1) is 19.0 Å². The molecular formula is C17H16N4O. The number of pyridine rings is 2. The van der Waals surface area contributed by atoms with Crippen molar-refractivity contribution >= 4 is 17.2 Å². The number of nitrogens with two attached hydrogens (primary N) is 1. The van der Waals surface area contributed by atoms with Crippen molar-refractivity contribution in [1.29, 1.82) is 0 Å². The minimum Gasteiger partial charge on any atom is -0.481 e. The summed E-state index contributed by atoms with van der Waals surface area (Å²) in [6.07, 6.45) is 3.51. The third-order valence-electron chi connectivity index (χ3n) is 3.20. The minimum atomic E-state index is 0.579. The van der Waals surface area contributed by atoms with Crippen LogP contribution >= 0.6 is 0 Å². The van der Waals surface area contributed by atoms with Crippen LogP contribution in [-0.2, 0) is 0 Å². The first-order chi connectivity index (χ1) is 10.7. The number of nitrogen functional groups attached to an aromatic ring is 1. The SMILES string of the molecule is COc1ccc(Nc2ccc(-c3cccc(N)c3)cn2)cn1. The van der Waals surface area contributed by atoms with Gasteiger partial charge in [0.2, 0.25) is 5.88 Å². The van der Waals surface area contributed by atoms with Crippen LogP contribution in [-0.4, -0.2) is 17.1 Å². The van der Waals surface area contributed by atoms with E-state index >= 15 is 0 Å². The van der Waals surface area contributed by atoms with E-state index in [0.29, 0.717) is 5.88 Å². The molecule has 0 fully saturated rings. The molecule has 0 aliphatic rings. The maximum atomic E-state index is 5.80. The molecule has 0 radical (unpaired) electrons. The van der Waals surface area contributed by atoms with Gasteiger partial charge in [-0.3, -0.25) is 0 Å².